The van der Waals surface area contributed by atoms with Gasteiger partial charge in [0.05, 0.1) is 18.2 Å². The number of nitriles is 1. The molecule has 1 saturated carbocycles. The number of hydrogen-bond donors (Lipinski definition) is 2. The number of carboxylic acid groups (broad SMARTS) is 1. The van der Waals surface area contributed by atoms with Crippen molar-refractivity contribution in [3.63, 3.8) is 0 Å². The molecular formula is C28H25N3O4. The first-order valence-electron chi connectivity index (χ1n) is 11.7. The summed E-state index contributed by atoms with van der Waals surface area (Å²) in [6.45, 7) is 0.563. The molecule has 35 heavy (non-hydrogen) atoms. The second-order valence-electron chi connectivity index (χ2n) is 9.18. The summed E-state index contributed by atoms with van der Waals surface area (Å²) >= 11 is 0. The second-order valence-corrected chi connectivity index (χ2v) is 9.18. The lowest BCUT2D eigenvalue weighted by molar-refractivity contribution is -0.137. The molecule has 2 atom stereocenters. The van der Waals surface area contributed by atoms with Crippen LogP contribution in [0.4, 0.5) is 5.69 Å². The van der Waals surface area contributed by atoms with Gasteiger partial charge in [0.15, 0.2) is 0 Å². The Kier molecular flexibility index (Phi) is 5.96. The highest BCUT2D eigenvalue weighted by Crippen LogP contribution is 2.61. The first-order chi connectivity index (χ1) is 17.0. The van der Waals surface area contributed by atoms with E-state index in [-0.39, 0.29) is 23.7 Å². The lowest BCUT2D eigenvalue weighted by Gasteiger charge is -2.27. The molecule has 0 bridgehead atoms. The van der Waals surface area contributed by atoms with E-state index in [1.54, 1.807) is 24.4 Å². The molecule has 3 aromatic rings. The monoisotopic (exact) mass is 467 g/mol. The van der Waals surface area contributed by atoms with Gasteiger partial charge < -0.3 is 15.2 Å². The number of aryl methyl sites for hydroxylation is 1. The van der Waals surface area contributed by atoms with Gasteiger partial charge in [-0.2, -0.15) is 5.26 Å². The number of ether oxygens (including phenoxy) is 1. The minimum Gasteiger partial charge on any atom is -0.493 e. The van der Waals surface area contributed by atoms with Crippen LogP contribution in [0.3, 0.4) is 0 Å². The fourth-order valence-corrected chi connectivity index (χ4v) is 5.09. The SMILES string of the molecule is N#Cc1ccc(CCCC(=O)O)c(NC(=O)C2CC23CCOc2ccc(-c4cccnc4)cc23)c1. The Balaban J connectivity index is 1.38. The molecule has 1 aromatic heterocycles. The smallest absolute Gasteiger partial charge is 0.303 e. The van der Waals surface area contributed by atoms with Gasteiger partial charge in [0.25, 0.3) is 0 Å². The van der Waals surface area contributed by atoms with Gasteiger partial charge in [0.1, 0.15) is 5.75 Å². The van der Waals surface area contributed by atoms with Crippen LogP contribution in [-0.2, 0) is 21.4 Å². The molecular weight excluding hydrogens is 442 g/mol. The molecule has 2 aliphatic rings. The van der Waals surface area contributed by atoms with E-state index in [1.165, 1.54) is 0 Å². The summed E-state index contributed by atoms with van der Waals surface area (Å²) in [5, 5.41) is 21.3. The maximum atomic E-state index is 13.4. The van der Waals surface area contributed by atoms with Crippen molar-refractivity contribution in [2.75, 3.05) is 11.9 Å². The number of hydrogen-bond acceptors (Lipinski definition) is 5. The number of carbonyl (C=O) groups is 2. The van der Waals surface area contributed by atoms with Gasteiger partial charge in [-0.3, -0.25) is 14.6 Å². The number of pyridine rings is 1. The average Bonchev–Trinajstić information content (AvgIpc) is 3.60. The van der Waals surface area contributed by atoms with E-state index in [9.17, 15) is 14.9 Å². The Morgan fingerprint density at radius 1 is 1.20 bits per heavy atom. The Hall–Kier alpha value is -4.18. The number of nitrogens with one attached hydrogen (secondary N) is 1. The van der Waals surface area contributed by atoms with Crippen molar-refractivity contribution in [3.05, 3.63) is 77.6 Å². The molecule has 7 nitrogen and oxygen atoms in total. The van der Waals surface area contributed by atoms with Crippen molar-refractivity contribution < 1.29 is 19.4 Å². The van der Waals surface area contributed by atoms with Crippen LogP contribution in [-0.4, -0.2) is 28.6 Å². The standard InChI is InChI=1S/C28H25N3O4/c29-16-18-6-7-19(3-1-5-26(32)33)24(13-18)31-27(34)23-15-28(23)10-12-35-25-9-8-20(14-22(25)28)21-4-2-11-30-17-21/h2,4,6-9,11,13-14,17,23H,1,3,5,10,12,15H2,(H,31,34)(H,32,33). The summed E-state index contributed by atoms with van der Waals surface area (Å²) < 4.78 is 5.92. The number of nitrogens with zero attached hydrogens (tertiary/aromatic N) is 2. The fourth-order valence-electron chi connectivity index (χ4n) is 5.09. The Labute approximate surface area is 203 Å². The number of carboxylic acids is 1. The van der Waals surface area contributed by atoms with Crippen molar-refractivity contribution in [1.29, 1.82) is 5.26 Å². The van der Waals surface area contributed by atoms with Crippen LogP contribution in [0.25, 0.3) is 11.1 Å². The maximum Gasteiger partial charge on any atom is 0.303 e. The summed E-state index contributed by atoms with van der Waals surface area (Å²) in [5.41, 5.74) is 4.69. The number of aromatic nitrogens is 1. The number of carbonyl (C=O) groups excluding carboxylic acids is 1. The number of anilines is 1. The molecule has 1 amide bonds. The van der Waals surface area contributed by atoms with Gasteiger partial charge in [-0.15, -0.1) is 0 Å². The molecule has 2 aromatic carbocycles. The highest BCUT2D eigenvalue weighted by atomic mass is 16.5. The lowest BCUT2D eigenvalue weighted by atomic mass is 9.85. The third-order valence-corrected chi connectivity index (χ3v) is 7.04. The third-order valence-electron chi connectivity index (χ3n) is 7.04. The highest BCUT2D eigenvalue weighted by molar-refractivity contribution is 5.97. The van der Waals surface area contributed by atoms with Crippen LogP contribution < -0.4 is 10.1 Å². The van der Waals surface area contributed by atoms with Crippen molar-refractivity contribution in [2.24, 2.45) is 5.92 Å². The van der Waals surface area contributed by atoms with Crippen molar-refractivity contribution >= 4 is 17.6 Å². The fraction of sp³-hybridized carbons (Fsp3) is 0.286. The van der Waals surface area contributed by atoms with Crippen LogP contribution in [0.1, 0.15) is 42.4 Å². The zero-order chi connectivity index (χ0) is 24.4. The summed E-state index contributed by atoms with van der Waals surface area (Å²) in [4.78, 5) is 28.5. The minimum atomic E-state index is -0.854. The molecule has 2 heterocycles. The summed E-state index contributed by atoms with van der Waals surface area (Å²) in [7, 11) is 0. The van der Waals surface area contributed by atoms with E-state index in [0.717, 1.165) is 40.8 Å². The van der Waals surface area contributed by atoms with Crippen molar-refractivity contribution in [3.8, 4) is 22.9 Å². The van der Waals surface area contributed by atoms with Crippen molar-refractivity contribution in [2.45, 2.75) is 37.5 Å². The molecule has 2 unspecified atom stereocenters. The van der Waals surface area contributed by atoms with Crippen LogP contribution in [0, 0.1) is 17.2 Å². The first kappa shape index (κ1) is 22.6. The van der Waals surface area contributed by atoms with E-state index in [0.29, 0.717) is 30.7 Å². The first-order valence-corrected chi connectivity index (χ1v) is 11.7. The number of aliphatic carboxylic acids is 1. The Bertz CT molecular complexity index is 1330. The van der Waals surface area contributed by atoms with Crippen molar-refractivity contribution in [1.82, 2.24) is 4.98 Å². The van der Waals surface area contributed by atoms with E-state index >= 15 is 0 Å². The van der Waals surface area contributed by atoms with E-state index in [2.05, 4.69) is 22.4 Å². The molecule has 0 saturated heterocycles. The number of amides is 1. The number of benzene rings is 2. The van der Waals surface area contributed by atoms with Gasteiger partial charge in [0.2, 0.25) is 5.91 Å². The highest BCUT2D eigenvalue weighted by Gasteiger charge is 2.61. The number of rotatable bonds is 7. The maximum absolute atomic E-state index is 13.4. The van der Waals surface area contributed by atoms with Crippen LogP contribution >= 0.6 is 0 Å². The Morgan fingerprint density at radius 3 is 2.86 bits per heavy atom. The van der Waals surface area contributed by atoms with E-state index in [4.69, 9.17) is 9.84 Å². The Morgan fingerprint density at radius 2 is 2.09 bits per heavy atom. The largest absolute Gasteiger partial charge is 0.493 e. The molecule has 1 fully saturated rings. The van der Waals surface area contributed by atoms with Gasteiger partial charge >= 0.3 is 5.97 Å². The van der Waals surface area contributed by atoms with Gasteiger partial charge in [-0.25, -0.2) is 0 Å². The van der Waals surface area contributed by atoms with Crippen LogP contribution in [0.15, 0.2) is 60.9 Å². The molecule has 2 N–H and O–H groups in total. The normalized spacial score (nSPS) is 19.8. The predicted octanol–water partition coefficient (Wildman–Crippen LogP) is 4.71. The minimum absolute atomic E-state index is 0.0508. The number of fused-ring (bicyclic) bond motifs is 2. The zero-order valence-electron chi connectivity index (χ0n) is 19.2. The van der Waals surface area contributed by atoms with Gasteiger partial charge in [0, 0.05) is 47.0 Å². The van der Waals surface area contributed by atoms with Gasteiger partial charge in [-0.1, -0.05) is 18.2 Å². The molecule has 5 rings (SSSR count). The van der Waals surface area contributed by atoms with Crippen LogP contribution in [0.2, 0.25) is 0 Å². The molecule has 176 valence electrons. The topological polar surface area (TPSA) is 112 Å². The van der Waals surface area contributed by atoms with E-state index in [1.807, 2.05) is 30.5 Å². The summed E-state index contributed by atoms with van der Waals surface area (Å²) in [6.07, 6.45) is 6.08. The zero-order valence-corrected chi connectivity index (χ0v) is 19.2. The molecule has 1 spiro atoms. The molecule has 0 radical (unpaired) electrons. The van der Waals surface area contributed by atoms with Gasteiger partial charge in [-0.05, 0) is 67.1 Å². The molecule has 1 aliphatic carbocycles. The average molecular weight is 468 g/mol. The molecule has 1 aliphatic heterocycles. The predicted molar refractivity (Wildman–Crippen MR) is 130 cm³/mol. The molecule has 7 heteroatoms. The second kappa shape index (κ2) is 9.22. The lowest BCUT2D eigenvalue weighted by Crippen LogP contribution is -2.27. The summed E-state index contributed by atoms with van der Waals surface area (Å²) in [5.74, 6) is -0.320. The third kappa shape index (κ3) is 4.47. The summed E-state index contributed by atoms with van der Waals surface area (Å²) in [6, 6.07) is 17.3. The van der Waals surface area contributed by atoms with Crippen LogP contribution in [0.5, 0.6) is 5.75 Å². The van der Waals surface area contributed by atoms with E-state index < -0.39 is 5.97 Å². The quantitative estimate of drug-likeness (QED) is 0.521.